The normalized spacial score (nSPS) is 18.8. The van der Waals surface area contributed by atoms with Crippen molar-refractivity contribution in [2.45, 2.75) is 12.5 Å². The van der Waals surface area contributed by atoms with Gasteiger partial charge in [0.2, 0.25) is 0 Å². The van der Waals surface area contributed by atoms with Crippen LogP contribution in [0.5, 0.6) is 0 Å². The molecule has 0 saturated carbocycles. The van der Waals surface area contributed by atoms with Gasteiger partial charge in [0, 0.05) is 12.2 Å². The number of anilines is 1. The maximum absolute atomic E-state index is 11.7. The zero-order valence-corrected chi connectivity index (χ0v) is 9.13. The lowest BCUT2D eigenvalue weighted by molar-refractivity contribution is -0.145. The third-order valence-corrected chi connectivity index (χ3v) is 2.72. The molecule has 0 spiro atoms. The van der Waals surface area contributed by atoms with E-state index in [2.05, 4.69) is 11.5 Å². The second-order valence-electron chi connectivity index (χ2n) is 3.75. The summed E-state index contributed by atoms with van der Waals surface area (Å²) in [6.45, 7) is 4.73. The topological polar surface area (TPSA) is 29.5 Å². The summed E-state index contributed by atoms with van der Waals surface area (Å²) in [7, 11) is 0. The molecule has 1 aliphatic heterocycles. The van der Waals surface area contributed by atoms with Gasteiger partial charge in [-0.15, -0.1) is 0 Å². The number of carbonyl (C=O) groups is 1. The molecule has 1 aliphatic rings. The van der Waals surface area contributed by atoms with Crippen LogP contribution in [0, 0.1) is 0 Å². The van der Waals surface area contributed by atoms with Crippen LogP contribution in [0.25, 0.3) is 0 Å². The molecule has 1 aromatic rings. The Morgan fingerprint density at radius 1 is 1.50 bits per heavy atom. The summed E-state index contributed by atoms with van der Waals surface area (Å²) in [5, 5.41) is 0. The van der Waals surface area contributed by atoms with Gasteiger partial charge in [-0.2, -0.15) is 0 Å². The van der Waals surface area contributed by atoms with Crippen molar-refractivity contribution in [3.63, 3.8) is 0 Å². The van der Waals surface area contributed by atoms with Gasteiger partial charge in [0.05, 0.1) is 0 Å². The van der Waals surface area contributed by atoms with Crippen molar-refractivity contribution in [2.75, 3.05) is 18.1 Å². The first kappa shape index (κ1) is 10.7. The zero-order valence-electron chi connectivity index (χ0n) is 9.13. The SMILES string of the molecule is C=CCOC(=O)C1CCN1c1ccccc1. The number of nitrogens with zero attached hydrogens (tertiary/aromatic N) is 1. The van der Waals surface area contributed by atoms with E-state index >= 15 is 0 Å². The second kappa shape index (κ2) is 4.84. The van der Waals surface area contributed by atoms with Crippen LogP contribution in [0.2, 0.25) is 0 Å². The van der Waals surface area contributed by atoms with Crippen LogP contribution < -0.4 is 4.90 Å². The Bertz CT molecular complexity index is 375. The van der Waals surface area contributed by atoms with E-state index in [9.17, 15) is 4.79 Å². The fourth-order valence-electron chi connectivity index (χ4n) is 1.80. The molecule has 0 bridgehead atoms. The van der Waals surface area contributed by atoms with E-state index in [0.29, 0.717) is 0 Å². The fourth-order valence-corrected chi connectivity index (χ4v) is 1.80. The maximum Gasteiger partial charge on any atom is 0.329 e. The average molecular weight is 217 g/mol. The van der Waals surface area contributed by atoms with E-state index in [-0.39, 0.29) is 18.6 Å². The van der Waals surface area contributed by atoms with Gasteiger partial charge in [-0.3, -0.25) is 0 Å². The monoisotopic (exact) mass is 217 g/mol. The van der Waals surface area contributed by atoms with E-state index in [1.807, 2.05) is 30.3 Å². The number of carbonyl (C=O) groups excluding carboxylic acids is 1. The standard InChI is InChI=1S/C13H15NO2/c1-2-10-16-13(15)12-8-9-14(12)11-6-4-3-5-7-11/h2-7,12H,1,8-10H2. The molecule has 0 N–H and O–H groups in total. The summed E-state index contributed by atoms with van der Waals surface area (Å²) in [4.78, 5) is 13.7. The van der Waals surface area contributed by atoms with Gasteiger partial charge in [0.15, 0.2) is 0 Å². The van der Waals surface area contributed by atoms with Gasteiger partial charge >= 0.3 is 5.97 Å². The van der Waals surface area contributed by atoms with E-state index < -0.39 is 0 Å². The molecule has 0 amide bonds. The number of esters is 1. The quantitative estimate of drug-likeness (QED) is 0.570. The number of rotatable bonds is 4. The van der Waals surface area contributed by atoms with Gasteiger partial charge in [-0.05, 0) is 18.6 Å². The Hall–Kier alpha value is -1.77. The minimum Gasteiger partial charge on any atom is -0.460 e. The number of para-hydroxylation sites is 1. The lowest BCUT2D eigenvalue weighted by atomic mass is 10.0. The van der Waals surface area contributed by atoms with Crippen molar-refractivity contribution in [3.8, 4) is 0 Å². The third kappa shape index (κ3) is 2.08. The summed E-state index contributed by atoms with van der Waals surface area (Å²) in [5.41, 5.74) is 1.08. The van der Waals surface area contributed by atoms with Crippen molar-refractivity contribution < 1.29 is 9.53 Å². The Balaban J connectivity index is 1.98. The fraction of sp³-hybridized carbons (Fsp3) is 0.308. The molecule has 1 fully saturated rings. The number of hydrogen-bond acceptors (Lipinski definition) is 3. The number of ether oxygens (including phenoxy) is 1. The smallest absolute Gasteiger partial charge is 0.329 e. The van der Waals surface area contributed by atoms with Gasteiger partial charge in [0.25, 0.3) is 0 Å². The predicted molar refractivity (Wildman–Crippen MR) is 63.3 cm³/mol. The molecule has 84 valence electrons. The first-order chi connectivity index (χ1) is 7.83. The van der Waals surface area contributed by atoms with Crippen molar-refractivity contribution >= 4 is 11.7 Å². The first-order valence-corrected chi connectivity index (χ1v) is 5.42. The second-order valence-corrected chi connectivity index (χ2v) is 3.75. The van der Waals surface area contributed by atoms with Gasteiger partial charge in [-0.25, -0.2) is 4.79 Å². The van der Waals surface area contributed by atoms with Gasteiger partial charge in [0.1, 0.15) is 12.6 Å². The van der Waals surface area contributed by atoms with Crippen molar-refractivity contribution in [1.29, 1.82) is 0 Å². The Morgan fingerprint density at radius 2 is 2.25 bits per heavy atom. The summed E-state index contributed by atoms with van der Waals surface area (Å²) in [5.74, 6) is -0.157. The highest BCUT2D eigenvalue weighted by Gasteiger charge is 2.35. The van der Waals surface area contributed by atoms with E-state index in [4.69, 9.17) is 4.74 Å². The molecule has 0 radical (unpaired) electrons. The molecule has 1 atom stereocenters. The molecule has 2 rings (SSSR count). The van der Waals surface area contributed by atoms with E-state index in [0.717, 1.165) is 18.7 Å². The Morgan fingerprint density at radius 3 is 2.81 bits per heavy atom. The highest BCUT2D eigenvalue weighted by Crippen LogP contribution is 2.26. The Labute approximate surface area is 95.3 Å². The minimum absolute atomic E-state index is 0.123. The van der Waals surface area contributed by atoms with Crippen LogP contribution in [-0.4, -0.2) is 25.2 Å². The average Bonchev–Trinajstić information content (AvgIpc) is 2.26. The molecule has 1 unspecified atom stereocenters. The molecule has 1 aromatic carbocycles. The van der Waals surface area contributed by atoms with Gasteiger partial charge in [-0.1, -0.05) is 30.9 Å². The molecule has 1 heterocycles. The third-order valence-electron chi connectivity index (χ3n) is 2.72. The van der Waals surface area contributed by atoms with Crippen LogP contribution in [0.3, 0.4) is 0 Å². The van der Waals surface area contributed by atoms with E-state index in [1.54, 1.807) is 6.08 Å². The van der Waals surface area contributed by atoms with Crippen LogP contribution in [0.1, 0.15) is 6.42 Å². The molecule has 0 aromatic heterocycles. The summed E-state index contributed by atoms with van der Waals surface area (Å²) in [6.07, 6.45) is 2.45. The lowest BCUT2D eigenvalue weighted by Crippen LogP contribution is -2.53. The molecule has 3 heteroatoms. The maximum atomic E-state index is 11.7. The van der Waals surface area contributed by atoms with E-state index in [1.165, 1.54) is 0 Å². The predicted octanol–water partition coefficient (Wildman–Crippen LogP) is 1.99. The van der Waals surface area contributed by atoms with Crippen LogP contribution in [-0.2, 0) is 9.53 Å². The molecule has 1 saturated heterocycles. The Kier molecular flexibility index (Phi) is 3.25. The number of benzene rings is 1. The summed E-state index contributed by atoms with van der Waals surface area (Å²) >= 11 is 0. The number of hydrogen-bond donors (Lipinski definition) is 0. The molecular formula is C13H15NO2. The minimum atomic E-state index is -0.157. The van der Waals surface area contributed by atoms with Crippen LogP contribution >= 0.6 is 0 Å². The van der Waals surface area contributed by atoms with Crippen LogP contribution in [0.15, 0.2) is 43.0 Å². The molecule has 16 heavy (non-hydrogen) atoms. The summed E-state index contributed by atoms with van der Waals surface area (Å²) < 4.78 is 5.05. The highest BCUT2D eigenvalue weighted by atomic mass is 16.5. The zero-order chi connectivity index (χ0) is 11.4. The first-order valence-electron chi connectivity index (χ1n) is 5.42. The van der Waals surface area contributed by atoms with Crippen molar-refractivity contribution in [2.24, 2.45) is 0 Å². The van der Waals surface area contributed by atoms with Crippen LogP contribution in [0.4, 0.5) is 5.69 Å². The van der Waals surface area contributed by atoms with Gasteiger partial charge < -0.3 is 9.64 Å². The molecule has 0 aliphatic carbocycles. The van der Waals surface area contributed by atoms with Crippen molar-refractivity contribution in [1.82, 2.24) is 0 Å². The lowest BCUT2D eigenvalue weighted by Gasteiger charge is -2.40. The molecular weight excluding hydrogens is 202 g/mol. The largest absolute Gasteiger partial charge is 0.460 e. The molecule has 3 nitrogen and oxygen atoms in total. The highest BCUT2D eigenvalue weighted by molar-refractivity contribution is 5.82. The summed E-state index contributed by atoms with van der Waals surface area (Å²) in [6, 6.07) is 9.80. The van der Waals surface area contributed by atoms with Crippen molar-refractivity contribution in [3.05, 3.63) is 43.0 Å².